The highest BCUT2D eigenvalue weighted by molar-refractivity contribution is 6.34. The Hall–Kier alpha value is -1.58. The molecular formula is C13H10Cl2N2O. The number of hydrogen-bond donors (Lipinski definition) is 1. The molecule has 0 aliphatic rings. The summed E-state index contributed by atoms with van der Waals surface area (Å²) >= 11 is 11.9. The largest absolute Gasteiger partial charge is 0.322 e. The minimum atomic E-state index is -0.290. The van der Waals surface area contributed by atoms with Crippen LogP contribution in [0.15, 0.2) is 36.7 Å². The predicted molar refractivity (Wildman–Crippen MR) is 73.4 cm³/mol. The van der Waals surface area contributed by atoms with E-state index in [9.17, 15) is 4.79 Å². The van der Waals surface area contributed by atoms with Crippen LogP contribution >= 0.6 is 23.2 Å². The van der Waals surface area contributed by atoms with Gasteiger partial charge in [-0.3, -0.25) is 9.78 Å². The number of halogens is 2. The Labute approximate surface area is 115 Å². The first-order valence-electron chi connectivity index (χ1n) is 5.25. The average Bonchev–Trinajstić information content (AvgIpc) is 2.34. The van der Waals surface area contributed by atoms with Crippen LogP contribution in [0.4, 0.5) is 5.69 Å². The molecule has 0 atom stereocenters. The van der Waals surface area contributed by atoms with Gasteiger partial charge in [-0.15, -0.1) is 0 Å². The maximum Gasteiger partial charge on any atom is 0.257 e. The third kappa shape index (κ3) is 2.81. The van der Waals surface area contributed by atoms with Gasteiger partial charge in [0.2, 0.25) is 0 Å². The van der Waals surface area contributed by atoms with Crippen molar-refractivity contribution < 1.29 is 4.79 Å². The second-order valence-corrected chi connectivity index (χ2v) is 4.59. The quantitative estimate of drug-likeness (QED) is 0.905. The van der Waals surface area contributed by atoms with Gasteiger partial charge in [0.25, 0.3) is 5.91 Å². The fourth-order valence-electron chi connectivity index (χ4n) is 1.43. The number of benzene rings is 1. The molecule has 1 aromatic heterocycles. The van der Waals surface area contributed by atoms with Crippen LogP contribution in [0.25, 0.3) is 0 Å². The Kier molecular flexibility index (Phi) is 3.84. The Bertz CT molecular complexity index is 599. The van der Waals surface area contributed by atoms with E-state index in [-0.39, 0.29) is 5.91 Å². The SMILES string of the molecule is Cc1ccc(NC(=O)c2ccncc2Cl)cc1Cl. The van der Waals surface area contributed by atoms with E-state index in [0.717, 1.165) is 5.56 Å². The zero-order chi connectivity index (χ0) is 13.1. The molecule has 0 bridgehead atoms. The van der Waals surface area contributed by atoms with Gasteiger partial charge in [0, 0.05) is 23.1 Å². The lowest BCUT2D eigenvalue weighted by molar-refractivity contribution is 0.102. The van der Waals surface area contributed by atoms with E-state index in [1.807, 2.05) is 13.0 Å². The van der Waals surface area contributed by atoms with Crippen molar-refractivity contribution in [3.05, 3.63) is 57.8 Å². The first-order valence-corrected chi connectivity index (χ1v) is 6.00. The lowest BCUT2D eigenvalue weighted by Crippen LogP contribution is -2.12. The highest BCUT2D eigenvalue weighted by atomic mass is 35.5. The van der Waals surface area contributed by atoms with Gasteiger partial charge in [-0.2, -0.15) is 0 Å². The highest BCUT2D eigenvalue weighted by Crippen LogP contribution is 2.21. The molecule has 2 rings (SSSR count). The van der Waals surface area contributed by atoms with Crippen molar-refractivity contribution in [1.29, 1.82) is 0 Å². The smallest absolute Gasteiger partial charge is 0.257 e. The normalized spacial score (nSPS) is 10.2. The lowest BCUT2D eigenvalue weighted by Gasteiger charge is -2.07. The van der Waals surface area contributed by atoms with Crippen LogP contribution in [0.3, 0.4) is 0 Å². The van der Waals surface area contributed by atoms with Crippen molar-refractivity contribution in [2.45, 2.75) is 6.92 Å². The lowest BCUT2D eigenvalue weighted by atomic mass is 10.2. The number of rotatable bonds is 2. The minimum absolute atomic E-state index is 0.290. The van der Waals surface area contributed by atoms with E-state index >= 15 is 0 Å². The molecule has 3 nitrogen and oxygen atoms in total. The van der Waals surface area contributed by atoms with E-state index in [1.54, 1.807) is 18.2 Å². The zero-order valence-corrected chi connectivity index (χ0v) is 11.1. The van der Waals surface area contributed by atoms with Crippen LogP contribution in [0.2, 0.25) is 10.0 Å². The molecule has 18 heavy (non-hydrogen) atoms. The summed E-state index contributed by atoms with van der Waals surface area (Å²) in [5, 5.41) is 3.65. The van der Waals surface area contributed by atoms with E-state index in [4.69, 9.17) is 23.2 Å². The first kappa shape index (κ1) is 12.9. The Morgan fingerprint density at radius 3 is 2.67 bits per heavy atom. The maximum absolute atomic E-state index is 12.0. The summed E-state index contributed by atoms with van der Waals surface area (Å²) in [6.07, 6.45) is 2.95. The number of nitrogens with zero attached hydrogens (tertiary/aromatic N) is 1. The minimum Gasteiger partial charge on any atom is -0.322 e. The number of pyridine rings is 1. The van der Waals surface area contributed by atoms with E-state index < -0.39 is 0 Å². The number of aromatic nitrogens is 1. The number of nitrogens with one attached hydrogen (secondary N) is 1. The van der Waals surface area contributed by atoms with E-state index in [0.29, 0.717) is 21.3 Å². The van der Waals surface area contributed by atoms with Crippen molar-refractivity contribution in [2.75, 3.05) is 5.32 Å². The van der Waals surface area contributed by atoms with Crippen LogP contribution in [0.1, 0.15) is 15.9 Å². The molecule has 0 unspecified atom stereocenters. The van der Waals surface area contributed by atoms with Crippen molar-refractivity contribution in [3.63, 3.8) is 0 Å². The second kappa shape index (κ2) is 5.38. The van der Waals surface area contributed by atoms with Crippen molar-refractivity contribution >= 4 is 34.8 Å². The molecule has 0 aliphatic carbocycles. The van der Waals surface area contributed by atoms with Crippen LogP contribution in [0, 0.1) is 6.92 Å². The molecule has 1 N–H and O–H groups in total. The molecule has 1 heterocycles. The summed E-state index contributed by atoms with van der Waals surface area (Å²) < 4.78 is 0. The van der Waals surface area contributed by atoms with Gasteiger partial charge >= 0.3 is 0 Å². The molecule has 1 aromatic carbocycles. The zero-order valence-electron chi connectivity index (χ0n) is 9.58. The number of aryl methyl sites for hydroxylation is 1. The summed E-state index contributed by atoms with van der Waals surface area (Å²) in [6.45, 7) is 1.90. The molecule has 0 fully saturated rings. The van der Waals surface area contributed by atoms with Crippen molar-refractivity contribution in [2.24, 2.45) is 0 Å². The van der Waals surface area contributed by atoms with Crippen LogP contribution in [0.5, 0.6) is 0 Å². The van der Waals surface area contributed by atoms with Gasteiger partial charge in [-0.05, 0) is 30.7 Å². The Morgan fingerprint density at radius 1 is 1.22 bits per heavy atom. The highest BCUT2D eigenvalue weighted by Gasteiger charge is 2.10. The summed E-state index contributed by atoms with van der Waals surface area (Å²) in [5.41, 5.74) is 1.96. The van der Waals surface area contributed by atoms with Crippen molar-refractivity contribution in [1.82, 2.24) is 4.98 Å². The topological polar surface area (TPSA) is 42.0 Å². The van der Waals surface area contributed by atoms with Gasteiger partial charge in [0.05, 0.1) is 10.6 Å². The van der Waals surface area contributed by atoms with Crippen LogP contribution < -0.4 is 5.32 Å². The number of carbonyl (C=O) groups is 1. The number of anilines is 1. The summed E-state index contributed by atoms with van der Waals surface area (Å²) in [7, 11) is 0. The summed E-state index contributed by atoms with van der Waals surface area (Å²) in [5.74, 6) is -0.290. The van der Waals surface area contributed by atoms with Gasteiger partial charge in [0.1, 0.15) is 0 Å². The van der Waals surface area contributed by atoms with E-state index in [2.05, 4.69) is 10.3 Å². The Morgan fingerprint density at radius 2 is 2.00 bits per heavy atom. The standard InChI is InChI=1S/C13H10Cl2N2O/c1-8-2-3-9(6-11(8)14)17-13(18)10-4-5-16-7-12(10)15/h2-7H,1H3,(H,17,18). The average molecular weight is 281 g/mol. The molecule has 2 aromatic rings. The monoisotopic (exact) mass is 280 g/mol. The fraction of sp³-hybridized carbons (Fsp3) is 0.0769. The molecule has 0 aliphatic heterocycles. The molecule has 0 saturated carbocycles. The number of carbonyl (C=O) groups excluding carboxylic acids is 1. The summed E-state index contributed by atoms with van der Waals surface area (Å²) in [4.78, 5) is 15.8. The van der Waals surface area contributed by atoms with Crippen LogP contribution in [-0.2, 0) is 0 Å². The van der Waals surface area contributed by atoms with Gasteiger partial charge in [0.15, 0.2) is 0 Å². The molecule has 1 amide bonds. The van der Waals surface area contributed by atoms with Gasteiger partial charge < -0.3 is 5.32 Å². The first-order chi connectivity index (χ1) is 8.58. The third-order valence-corrected chi connectivity index (χ3v) is 3.16. The van der Waals surface area contributed by atoms with E-state index in [1.165, 1.54) is 12.4 Å². The maximum atomic E-state index is 12.0. The molecule has 5 heteroatoms. The second-order valence-electron chi connectivity index (χ2n) is 3.77. The third-order valence-electron chi connectivity index (χ3n) is 2.45. The fourth-order valence-corrected chi connectivity index (χ4v) is 1.81. The predicted octanol–water partition coefficient (Wildman–Crippen LogP) is 3.95. The number of hydrogen-bond acceptors (Lipinski definition) is 2. The van der Waals surface area contributed by atoms with Crippen molar-refractivity contribution in [3.8, 4) is 0 Å². The summed E-state index contributed by atoms with van der Waals surface area (Å²) in [6, 6.07) is 6.89. The molecule has 0 radical (unpaired) electrons. The molecule has 0 spiro atoms. The number of amides is 1. The van der Waals surface area contributed by atoms with Crippen LogP contribution in [-0.4, -0.2) is 10.9 Å². The molecular weight excluding hydrogens is 271 g/mol. The Balaban J connectivity index is 2.22. The van der Waals surface area contributed by atoms with Gasteiger partial charge in [-0.1, -0.05) is 29.3 Å². The molecule has 0 saturated heterocycles. The molecule has 92 valence electrons. The van der Waals surface area contributed by atoms with Gasteiger partial charge in [-0.25, -0.2) is 0 Å².